The van der Waals surface area contributed by atoms with Gasteiger partial charge in [0.15, 0.2) is 5.82 Å². The minimum atomic E-state index is -0.529. The van der Waals surface area contributed by atoms with E-state index in [0.29, 0.717) is 30.8 Å². The fraction of sp³-hybridized carbons (Fsp3) is 0.455. The molecular weight excluding hydrogens is 382 g/mol. The van der Waals surface area contributed by atoms with E-state index in [4.69, 9.17) is 19.6 Å². The number of hydrogen-bond donors (Lipinski definition) is 1. The summed E-state index contributed by atoms with van der Waals surface area (Å²) in [6.45, 7) is 2.62. The number of amides is 1. The van der Waals surface area contributed by atoms with Gasteiger partial charge in [-0.3, -0.25) is 4.79 Å². The Kier molecular flexibility index (Phi) is 4.75. The number of methoxy groups -OCH3 is 1. The molecule has 5 rings (SSSR count). The number of nitrogens with one attached hydrogen (secondary N) is 1. The Bertz CT molecular complexity index is 1100. The van der Waals surface area contributed by atoms with Crippen LogP contribution in [-0.2, 0) is 19.9 Å². The maximum absolute atomic E-state index is 11.5. The van der Waals surface area contributed by atoms with Crippen molar-refractivity contribution < 1.29 is 14.3 Å². The third-order valence-electron chi connectivity index (χ3n) is 6.18. The topological polar surface area (TPSA) is 91.2 Å². The number of anilines is 1. The van der Waals surface area contributed by atoms with Crippen LogP contribution >= 0.6 is 0 Å². The quantitative estimate of drug-likeness (QED) is 0.698. The summed E-state index contributed by atoms with van der Waals surface area (Å²) in [6.07, 6.45) is 6.07. The summed E-state index contributed by atoms with van der Waals surface area (Å²) in [5.74, 6) is 1.51. The Morgan fingerprint density at radius 2 is 2.23 bits per heavy atom. The van der Waals surface area contributed by atoms with Gasteiger partial charge in [-0.2, -0.15) is 5.10 Å². The number of nitrogens with zero attached hydrogens (tertiary/aromatic N) is 4. The molecule has 3 aromatic heterocycles. The van der Waals surface area contributed by atoms with E-state index >= 15 is 0 Å². The van der Waals surface area contributed by atoms with Crippen molar-refractivity contribution >= 4 is 22.6 Å². The van der Waals surface area contributed by atoms with Gasteiger partial charge in [0, 0.05) is 50.6 Å². The molecule has 2 aliphatic rings. The summed E-state index contributed by atoms with van der Waals surface area (Å²) in [5, 5.41) is 8.72. The molecule has 30 heavy (non-hydrogen) atoms. The molecule has 156 valence electrons. The average molecular weight is 407 g/mol. The summed E-state index contributed by atoms with van der Waals surface area (Å²) in [7, 11) is 1.70. The van der Waals surface area contributed by atoms with Gasteiger partial charge in [-0.1, -0.05) is 12.5 Å². The van der Waals surface area contributed by atoms with E-state index in [1.54, 1.807) is 7.11 Å². The predicted octanol–water partition coefficient (Wildman–Crippen LogP) is 3.30. The van der Waals surface area contributed by atoms with Crippen molar-refractivity contribution in [2.75, 3.05) is 25.6 Å². The highest BCUT2D eigenvalue weighted by Crippen LogP contribution is 2.40. The Hall–Kier alpha value is -2.84. The van der Waals surface area contributed by atoms with Gasteiger partial charge < -0.3 is 14.8 Å². The molecule has 1 amide bonds. The summed E-state index contributed by atoms with van der Waals surface area (Å²) in [5.41, 5.74) is 2.24. The second-order valence-electron chi connectivity index (χ2n) is 8.07. The van der Waals surface area contributed by atoms with Crippen molar-refractivity contribution in [1.82, 2.24) is 19.7 Å². The molecule has 0 bridgehead atoms. The van der Waals surface area contributed by atoms with Crippen LogP contribution in [0.15, 0.2) is 30.5 Å². The van der Waals surface area contributed by atoms with Crippen LogP contribution in [0.5, 0.6) is 0 Å². The van der Waals surface area contributed by atoms with Crippen molar-refractivity contribution in [3.05, 3.63) is 41.9 Å². The second-order valence-corrected chi connectivity index (χ2v) is 8.07. The molecule has 8 nitrogen and oxygen atoms in total. The molecule has 0 aromatic carbocycles. The Labute approximate surface area is 174 Å². The summed E-state index contributed by atoms with van der Waals surface area (Å²) >= 11 is 0. The number of ether oxygens (including phenoxy) is 2. The van der Waals surface area contributed by atoms with Gasteiger partial charge in [-0.25, -0.2) is 14.6 Å². The number of pyridine rings is 2. The molecule has 2 fully saturated rings. The van der Waals surface area contributed by atoms with Crippen molar-refractivity contribution in [3.63, 3.8) is 0 Å². The van der Waals surface area contributed by atoms with Crippen LogP contribution in [0.25, 0.3) is 16.7 Å². The van der Waals surface area contributed by atoms with Gasteiger partial charge in [0.05, 0.1) is 23.5 Å². The molecule has 3 aromatic rings. The minimum absolute atomic E-state index is 0.157. The summed E-state index contributed by atoms with van der Waals surface area (Å²) in [6, 6.07) is 7.76. The Balaban J connectivity index is 1.64. The molecule has 0 spiro atoms. The van der Waals surface area contributed by atoms with Gasteiger partial charge in [-0.15, -0.1) is 0 Å². The first-order valence-corrected chi connectivity index (χ1v) is 10.4. The highest BCUT2D eigenvalue weighted by Gasteiger charge is 2.38. The number of rotatable bonds is 5. The summed E-state index contributed by atoms with van der Waals surface area (Å²) < 4.78 is 13.3. The van der Waals surface area contributed by atoms with E-state index in [1.807, 2.05) is 35.1 Å². The number of aromatic nitrogens is 4. The maximum atomic E-state index is 11.5. The monoisotopic (exact) mass is 407 g/mol. The van der Waals surface area contributed by atoms with Crippen LogP contribution in [0.1, 0.15) is 49.9 Å². The van der Waals surface area contributed by atoms with E-state index < -0.39 is 5.60 Å². The van der Waals surface area contributed by atoms with E-state index in [-0.39, 0.29) is 5.91 Å². The lowest BCUT2D eigenvalue weighted by molar-refractivity contribution is -0.114. The number of fused-ring (bicyclic) bond motifs is 1. The largest absolute Gasteiger partial charge is 0.378 e. The fourth-order valence-electron chi connectivity index (χ4n) is 4.25. The predicted molar refractivity (Wildman–Crippen MR) is 112 cm³/mol. The van der Waals surface area contributed by atoms with Gasteiger partial charge in [0.25, 0.3) is 0 Å². The van der Waals surface area contributed by atoms with Crippen LogP contribution in [0, 0.1) is 0 Å². The van der Waals surface area contributed by atoms with Crippen LogP contribution in [0.2, 0.25) is 0 Å². The molecule has 4 heterocycles. The van der Waals surface area contributed by atoms with E-state index in [9.17, 15) is 4.79 Å². The zero-order chi connectivity index (χ0) is 20.7. The number of carbonyl (C=O) groups excluding carboxylic acids is 1. The molecule has 0 radical (unpaired) electrons. The third-order valence-corrected chi connectivity index (χ3v) is 6.18. The second kappa shape index (κ2) is 7.45. The number of carbonyl (C=O) groups is 1. The van der Waals surface area contributed by atoms with Crippen LogP contribution in [-0.4, -0.2) is 46.0 Å². The SMILES string of the molecule is COC1(c2cccc(-n3nc(C4CCC4)c4cnc(NC(C)=O)cc43)n2)CCOC1. The zero-order valence-corrected chi connectivity index (χ0v) is 17.2. The zero-order valence-electron chi connectivity index (χ0n) is 17.2. The normalized spacial score (nSPS) is 21.7. The highest BCUT2D eigenvalue weighted by molar-refractivity contribution is 5.91. The lowest BCUT2D eigenvalue weighted by Gasteiger charge is -2.25. The van der Waals surface area contributed by atoms with Gasteiger partial charge in [0.1, 0.15) is 11.4 Å². The molecule has 1 unspecified atom stereocenters. The third kappa shape index (κ3) is 3.16. The van der Waals surface area contributed by atoms with Gasteiger partial charge in [0.2, 0.25) is 5.91 Å². The molecule has 8 heteroatoms. The van der Waals surface area contributed by atoms with Crippen LogP contribution < -0.4 is 5.32 Å². The number of hydrogen-bond acceptors (Lipinski definition) is 6. The van der Waals surface area contributed by atoms with Crippen LogP contribution in [0.3, 0.4) is 0 Å². The first-order valence-electron chi connectivity index (χ1n) is 10.4. The van der Waals surface area contributed by atoms with Crippen LogP contribution in [0.4, 0.5) is 5.82 Å². The molecule has 1 aliphatic heterocycles. The molecule has 1 aliphatic carbocycles. The molecule has 1 N–H and O–H groups in total. The molecule has 1 atom stereocenters. The molecule has 1 saturated carbocycles. The fourth-order valence-corrected chi connectivity index (χ4v) is 4.25. The molecule has 1 saturated heterocycles. The maximum Gasteiger partial charge on any atom is 0.222 e. The van der Waals surface area contributed by atoms with Crippen molar-refractivity contribution in [2.24, 2.45) is 0 Å². The lowest BCUT2D eigenvalue weighted by Crippen LogP contribution is -2.30. The van der Waals surface area contributed by atoms with Crippen molar-refractivity contribution in [1.29, 1.82) is 0 Å². The average Bonchev–Trinajstić information content (AvgIpc) is 3.32. The standard InChI is InChI=1S/C22H25N5O3/c1-14(28)24-19-11-17-16(12-23-19)21(15-5-3-6-15)26-27(17)20-8-4-7-18(25-20)22(29-2)9-10-30-13-22/h4,7-8,11-12,15H,3,5-6,9-10,13H2,1-2H3,(H,23,24,28). The van der Waals surface area contributed by atoms with E-state index in [2.05, 4.69) is 10.3 Å². The van der Waals surface area contributed by atoms with Crippen molar-refractivity contribution in [2.45, 2.75) is 44.1 Å². The van der Waals surface area contributed by atoms with E-state index in [0.717, 1.165) is 41.6 Å². The Morgan fingerprint density at radius 1 is 1.37 bits per heavy atom. The smallest absolute Gasteiger partial charge is 0.222 e. The highest BCUT2D eigenvalue weighted by atomic mass is 16.5. The lowest BCUT2D eigenvalue weighted by atomic mass is 9.82. The van der Waals surface area contributed by atoms with Gasteiger partial charge >= 0.3 is 0 Å². The van der Waals surface area contributed by atoms with Crippen molar-refractivity contribution in [3.8, 4) is 5.82 Å². The first-order chi connectivity index (χ1) is 14.6. The minimum Gasteiger partial charge on any atom is -0.378 e. The summed E-state index contributed by atoms with van der Waals surface area (Å²) in [4.78, 5) is 20.9. The Morgan fingerprint density at radius 3 is 2.90 bits per heavy atom. The first kappa shape index (κ1) is 19.1. The van der Waals surface area contributed by atoms with Gasteiger partial charge in [-0.05, 0) is 25.0 Å². The molecular formula is C22H25N5O3. The van der Waals surface area contributed by atoms with E-state index in [1.165, 1.54) is 13.3 Å².